The number of likely N-dealkylation sites (tertiary alicyclic amines) is 1. The minimum absolute atomic E-state index is 0.271. The molecule has 0 bridgehead atoms. The molecule has 1 amide bonds. The lowest BCUT2D eigenvalue weighted by Crippen LogP contribution is -2.32. The van der Waals surface area contributed by atoms with Crippen LogP contribution in [0.2, 0.25) is 0 Å². The van der Waals surface area contributed by atoms with Gasteiger partial charge in [0.15, 0.2) is 0 Å². The van der Waals surface area contributed by atoms with E-state index in [2.05, 4.69) is 0 Å². The molecule has 1 saturated heterocycles. The summed E-state index contributed by atoms with van der Waals surface area (Å²) in [6, 6.07) is 10.1. The molecule has 1 aliphatic rings. The average Bonchev–Trinajstić information content (AvgIpc) is 2.42. The number of hydrogen-bond donors (Lipinski definition) is 0. The summed E-state index contributed by atoms with van der Waals surface area (Å²) in [4.78, 5) is 22.3. The fourth-order valence-electron chi connectivity index (χ4n) is 1.62. The molecule has 1 heterocycles. The van der Waals surface area contributed by atoms with Gasteiger partial charge in [-0.15, -0.1) is 0 Å². The summed E-state index contributed by atoms with van der Waals surface area (Å²) >= 11 is 0. The number of piperidine rings is 1. The van der Waals surface area contributed by atoms with Gasteiger partial charge in [-0.3, -0.25) is 9.59 Å². The number of ketones is 1. The number of carbonyl (C=O) groups excluding carboxylic acids is 2. The van der Waals surface area contributed by atoms with Gasteiger partial charge >= 0.3 is 0 Å². The Morgan fingerprint density at radius 1 is 1.22 bits per heavy atom. The molecule has 0 spiro atoms. The molecule has 4 nitrogen and oxygen atoms in total. The molecule has 0 unspecified atom stereocenters. The molecule has 1 aromatic rings. The van der Waals surface area contributed by atoms with Gasteiger partial charge in [0.05, 0.1) is 6.61 Å². The van der Waals surface area contributed by atoms with Gasteiger partial charge in [0.1, 0.15) is 5.78 Å². The van der Waals surface area contributed by atoms with Crippen LogP contribution in [0.1, 0.15) is 18.4 Å². The highest BCUT2D eigenvalue weighted by Gasteiger charge is 2.13. The topological polar surface area (TPSA) is 46.6 Å². The van der Waals surface area contributed by atoms with E-state index in [1.165, 1.54) is 5.56 Å². The lowest BCUT2D eigenvalue weighted by molar-refractivity contribution is -0.125. The van der Waals surface area contributed by atoms with Crippen LogP contribution in [-0.2, 0) is 20.9 Å². The van der Waals surface area contributed by atoms with Gasteiger partial charge < -0.3 is 9.64 Å². The lowest BCUT2D eigenvalue weighted by atomic mass is 10.1. The third-order valence-corrected chi connectivity index (χ3v) is 2.66. The fourth-order valence-corrected chi connectivity index (χ4v) is 1.62. The Hall–Kier alpha value is -1.68. The van der Waals surface area contributed by atoms with Crippen LogP contribution in [0.3, 0.4) is 0 Å². The molecule has 0 atom stereocenters. The van der Waals surface area contributed by atoms with Crippen molar-refractivity contribution in [3.05, 3.63) is 35.9 Å². The second-order valence-corrected chi connectivity index (χ2v) is 4.10. The highest BCUT2D eigenvalue weighted by atomic mass is 16.5. The highest BCUT2D eigenvalue weighted by molar-refractivity contribution is 5.80. The van der Waals surface area contributed by atoms with E-state index >= 15 is 0 Å². The Bertz CT molecular complexity index is 355. The molecule has 1 aromatic carbocycles. The maximum Gasteiger partial charge on any atom is 0.209 e. The van der Waals surface area contributed by atoms with Gasteiger partial charge in [0.2, 0.25) is 6.41 Å². The predicted octanol–water partition coefficient (Wildman–Crippen LogP) is 1.64. The van der Waals surface area contributed by atoms with Gasteiger partial charge in [-0.2, -0.15) is 0 Å². The summed E-state index contributed by atoms with van der Waals surface area (Å²) in [5.41, 5.74) is 1.22. The number of rotatable bonds is 3. The Kier molecular flexibility index (Phi) is 6.72. The van der Waals surface area contributed by atoms with Gasteiger partial charge in [0.25, 0.3) is 0 Å². The standard InChI is InChI=1S/C8H10O.C6H9NO2/c1-9-7-8-5-3-2-4-6-8;8-5-7-3-1-6(9)2-4-7/h2-6H,7H2,1H3;5H,1-4H2. The van der Waals surface area contributed by atoms with E-state index in [0.717, 1.165) is 6.41 Å². The molecule has 2 rings (SSSR count). The Morgan fingerprint density at radius 3 is 2.33 bits per heavy atom. The minimum Gasteiger partial charge on any atom is -0.380 e. The molecule has 18 heavy (non-hydrogen) atoms. The second kappa shape index (κ2) is 8.42. The van der Waals surface area contributed by atoms with E-state index in [-0.39, 0.29) is 5.78 Å². The monoisotopic (exact) mass is 249 g/mol. The molecule has 1 fully saturated rings. The maximum absolute atomic E-state index is 10.6. The molecule has 4 heteroatoms. The van der Waals surface area contributed by atoms with E-state index in [4.69, 9.17) is 4.74 Å². The molecule has 0 radical (unpaired) electrons. The van der Waals surface area contributed by atoms with E-state index in [1.54, 1.807) is 12.0 Å². The first-order valence-corrected chi connectivity index (χ1v) is 6.00. The third-order valence-electron chi connectivity index (χ3n) is 2.66. The number of Topliss-reactive ketones (excluding diaryl/α,β-unsaturated/α-hetero) is 1. The minimum atomic E-state index is 0.271. The van der Waals surface area contributed by atoms with Crippen LogP contribution < -0.4 is 0 Å². The number of ether oxygens (including phenoxy) is 1. The molecule has 1 aliphatic heterocycles. The van der Waals surface area contributed by atoms with Crippen LogP contribution in [0.15, 0.2) is 30.3 Å². The summed E-state index contributed by atoms with van der Waals surface area (Å²) < 4.78 is 4.93. The zero-order valence-electron chi connectivity index (χ0n) is 10.7. The van der Waals surface area contributed by atoms with Crippen molar-refractivity contribution in [3.8, 4) is 0 Å². The molecular formula is C14H19NO3. The van der Waals surface area contributed by atoms with Crippen molar-refractivity contribution in [2.75, 3.05) is 20.2 Å². The van der Waals surface area contributed by atoms with Crippen molar-refractivity contribution in [1.82, 2.24) is 4.90 Å². The molecule has 98 valence electrons. The highest BCUT2D eigenvalue weighted by Crippen LogP contribution is 2.01. The zero-order valence-corrected chi connectivity index (χ0v) is 10.7. The van der Waals surface area contributed by atoms with Gasteiger partial charge in [-0.1, -0.05) is 30.3 Å². The number of hydrogen-bond acceptors (Lipinski definition) is 3. The van der Waals surface area contributed by atoms with E-state index in [0.29, 0.717) is 32.5 Å². The average molecular weight is 249 g/mol. The normalized spacial score (nSPS) is 14.7. The first kappa shape index (κ1) is 14.4. The van der Waals surface area contributed by atoms with E-state index in [9.17, 15) is 9.59 Å². The molecule has 0 N–H and O–H groups in total. The largest absolute Gasteiger partial charge is 0.380 e. The van der Waals surface area contributed by atoms with Crippen molar-refractivity contribution in [3.63, 3.8) is 0 Å². The first-order chi connectivity index (χ1) is 8.76. The number of benzene rings is 1. The molecule has 0 saturated carbocycles. The number of amides is 1. The van der Waals surface area contributed by atoms with Crippen molar-refractivity contribution >= 4 is 12.2 Å². The van der Waals surface area contributed by atoms with Crippen LogP contribution in [0, 0.1) is 0 Å². The van der Waals surface area contributed by atoms with Gasteiger partial charge in [0, 0.05) is 33.0 Å². The van der Waals surface area contributed by atoms with Crippen LogP contribution >= 0.6 is 0 Å². The number of nitrogens with zero attached hydrogens (tertiary/aromatic N) is 1. The van der Waals surface area contributed by atoms with Crippen molar-refractivity contribution in [2.24, 2.45) is 0 Å². The van der Waals surface area contributed by atoms with Crippen LogP contribution in [0.25, 0.3) is 0 Å². The fraction of sp³-hybridized carbons (Fsp3) is 0.429. The van der Waals surface area contributed by atoms with Crippen molar-refractivity contribution in [2.45, 2.75) is 19.4 Å². The SMILES string of the molecule is COCc1ccccc1.O=CN1CCC(=O)CC1. The van der Waals surface area contributed by atoms with Gasteiger partial charge in [-0.05, 0) is 5.56 Å². The second-order valence-electron chi connectivity index (χ2n) is 4.10. The van der Waals surface area contributed by atoms with Crippen molar-refractivity contribution < 1.29 is 14.3 Å². The van der Waals surface area contributed by atoms with Gasteiger partial charge in [-0.25, -0.2) is 0 Å². The summed E-state index contributed by atoms with van der Waals surface area (Å²) in [7, 11) is 1.70. The molecule has 0 aromatic heterocycles. The van der Waals surface area contributed by atoms with E-state index < -0.39 is 0 Å². The van der Waals surface area contributed by atoms with E-state index in [1.807, 2.05) is 30.3 Å². The maximum atomic E-state index is 10.6. The van der Waals surface area contributed by atoms with Crippen molar-refractivity contribution in [1.29, 1.82) is 0 Å². The predicted molar refractivity (Wildman–Crippen MR) is 69.0 cm³/mol. The number of methoxy groups -OCH3 is 1. The van der Waals surface area contributed by atoms with Crippen LogP contribution in [-0.4, -0.2) is 37.3 Å². The summed E-state index contributed by atoms with van der Waals surface area (Å²) in [5.74, 6) is 0.271. The lowest BCUT2D eigenvalue weighted by Gasteiger charge is -2.20. The first-order valence-electron chi connectivity index (χ1n) is 6.00. The molecule has 0 aliphatic carbocycles. The van der Waals surface area contributed by atoms with Crippen LogP contribution in [0.4, 0.5) is 0 Å². The summed E-state index contributed by atoms with van der Waals surface area (Å²) in [6.45, 7) is 1.94. The summed E-state index contributed by atoms with van der Waals surface area (Å²) in [6.07, 6.45) is 1.88. The zero-order chi connectivity index (χ0) is 13.2. The Morgan fingerprint density at radius 2 is 1.83 bits per heavy atom. The Labute approximate surface area is 108 Å². The smallest absolute Gasteiger partial charge is 0.209 e. The third kappa shape index (κ3) is 5.59. The summed E-state index contributed by atoms with van der Waals surface area (Å²) in [5, 5.41) is 0. The number of carbonyl (C=O) groups is 2. The Balaban J connectivity index is 0.000000180. The quantitative estimate of drug-likeness (QED) is 0.765. The van der Waals surface area contributed by atoms with Crippen LogP contribution in [0.5, 0.6) is 0 Å². The molecular weight excluding hydrogens is 230 g/mol.